The Kier molecular flexibility index (Phi) is 5.19. The summed E-state index contributed by atoms with van der Waals surface area (Å²) in [6, 6.07) is 7.43. The molecule has 3 aromatic rings. The predicted molar refractivity (Wildman–Crippen MR) is 119 cm³/mol. The largest absolute Gasteiger partial charge is 0.481 e. The van der Waals surface area contributed by atoms with Gasteiger partial charge >= 0.3 is 5.97 Å². The Morgan fingerprint density at radius 1 is 1.30 bits per heavy atom. The molecule has 0 amide bonds. The third-order valence-corrected chi connectivity index (χ3v) is 6.94. The maximum atomic E-state index is 12.1. The van der Waals surface area contributed by atoms with E-state index in [-0.39, 0.29) is 0 Å². The minimum atomic E-state index is -0.875. The smallest absolute Gasteiger partial charge is 0.309 e. The van der Waals surface area contributed by atoms with Crippen LogP contribution in [0.1, 0.15) is 52.6 Å². The van der Waals surface area contributed by atoms with Crippen molar-refractivity contribution in [3.63, 3.8) is 0 Å². The van der Waals surface area contributed by atoms with E-state index in [9.17, 15) is 9.90 Å². The highest BCUT2D eigenvalue weighted by Crippen LogP contribution is 2.41. The number of aromatic nitrogens is 3. The number of nitrogens with zero attached hydrogens (tertiary/aromatic N) is 4. The van der Waals surface area contributed by atoms with Gasteiger partial charge in [-0.3, -0.25) is 14.4 Å². The Hall–Kier alpha value is -3.00. The van der Waals surface area contributed by atoms with Gasteiger partial charge in [0.15, 0.2) is 5.82 Å². The van der Waals surface area contributed by atoms with Crippen molar-refractivity contribution in [2.24, 2.45) is 10.9 Å². The van der Waals surface area contributed by atoms with Crippen LogP contribution in [0.3, 0.4) is 0 Å². The predicted octanol–water partition coefficient (Wildman–Crippen LogP) is 4.30. The van der Waals surface area contributed by atoms with Gasteiger partial charge in [0, 0.05) is 28.7 Å². The highest BCUT2D eigenvalue weighted by molar-refractivity contribution is 7.15. The summed E-state index contributed by atoms with van der Waals surface area (Å²) in [5, 5.41) is 22.8. The van der Waals surface area contributed by atoms with E-state index in [1.807, 2.05) is 49.7 Å². The minimum Gasteiger partial charge on any atom is -0.481 e. The molecule has 0 bridgehead atoms. The number of hydrogen-bond acceptors (Lipinski definition) is 6. The molecule has 2 unspecified atom stereocenters. The molecule has 0 saturated carbocycles. The third kappa shape index (κ3) is 3.11. The molecule has 0 spiro atoms. The first-order valence-corrected chi connectivity index (χ1v) is 10.8. The van der Waals surface area contributed by atoms with Crippen LogP contribution in [0.5, 0.6) is 0 Å². The Labute approximate surface area is 179 Å². The summed E-state index contributed by atoms with van der Waals surface area (Å²) in [4.78, 5) is 18.4. The zero-order valence-electron chi connectivity index (χ0n) is 17.7. The molecule has 7 nitrogen and oxygen atoms in total. The van der Waals surface area contributed by atoms with Gasteiger partial charge in [0.25, 0.3) is 0 Å². The molecule has 30 heavy (non-hydrogen) atoms. The van der Waals surface area contributed by atoms with E-state index in [0.717, 1.165) is 38.9 Å². The molecule has 2 N–H and O–H groups in total. The molecular weight excluding hydrogens is 398 g/mol. The molecule has 0 aliphatic carbocycles. The van der Waals surface area contributed by atoms with Crippen LogP contribution in [0.2, 0.25) is 0 Å². The number of hydrogen-bond donors (Lipinski definition) is 2. The standard InChI is InChI=1S/C22H25N5O2S/c1-6-16(22(28)29)19-20-26-25-13(4)27(20)21-17(11(2)12(3)30-21)18(24-19)14-8-7-9-15(10-14)23-5/h7-10,16,19,23H,6H2,1-5H3,(H,28,29). The quantitative estimate of drug-likeness (QED) is 0.638. The van der Waals surface area contributed by atoms with E-state index in [4.69, 9.17) is 4.99 Å². The first kappa shape index (κ1) is 20.3. The van der Waals surface area contributed by atoms with Crippen LogP contribution in [0.4, 0.5) is 5.69 Å². The second-order valence-electron chi connectivity index (χ2n) is 7.51. The van der Waals surface area contributed by atoms with Crippen molar-refractivity contribution >= 4 is 28.7 Å². The van der Waals surface area contributed by atoms with Crippen molar-refractivity contribution in [1.82, 2.24) is 14.8 Å². The van der Waals surface area contributed by atoms with Gasteiger partial charge in [0.05, 0.1) is 11.6 Å². The summed E-state index contributed by atoms with van der Waals surface area (Å²) in [7, 11) is 1.88. The van der Waals surface area contributed by atoms with E-state index in [2.05, 4.69) is 29.4 Å². The van der Waals surface area contributed by atoms with Crippen molar-refractivity contribution in [3.8, 4) is 5.00 Å². The third-order valence-electron chi connectivity index (χ3n) is 5.75. The van der Waals surface area contributed by atoms with Crippen molar-refractivity contribution in [1.29, 1.82) is 0 Å². The summed E-state index contributed by atoms with van der Waals surface area (Å²) in [6.45, 7) is 7.96. The van der Waals surface area contributed by atoms with Crippen molar-refractivity contribution in [3.05, 3.63) is 57.5 Å². The van der Waals surface area contributed by atoms with Gasteiger partial charge in [-0.15, -0.1) is 21.5 Å². The highest BCUT2D eigenvalue weighted by atomic mass is 32.1. The number of aliphatic imine (C=N–C) groups is 1. The summed E-state index contributed by atoms with van der Waals surface area (Å²) in [6.07, 6.45) is 0.449. The number of nitrogens with one attached hydrogen (secondary N) is 1. The van der Waals surface area contributed by atoms with E-state index < -0.39 is 17.9 Å². The molecule has 0 saturated heterocycles. The Bertz CT molecular complexity index is 1160. The number of carboxylic acids is 1. The fraction of sp³-hybridized carbons (Fsp3) is 0.364. The van der Waals surface area contributed by atoms with Crippen LogP contribution in [-0.4, -0.2) is 38.6 Å². The van der Waals surface area contributed by atoms with E-state index in [1.165, 1.54) is 4.88 Å². The second-order valence-corrected chi connectivity index (χ2v) is 8.71. The van der Waals surface area contributed by atoms with Gasteiger partial charge in [-0.25, -0.2) is 0 Å². The van der Waals surface area contributed by atoms with Crippen molar-refractivity contribution in [2.45, 2.75) is 40.2 Å². The molecule has 0 fully saturated rings. The number of carboxylic acid groups (broad SMARTS) is 1. The monoisotopic (exact) mass is 423 g/mol. The normalized spacial score (nSPS) is 16.3. The average Bonchev–Trinajstić information content (AvgIpc) is 3.19. The molecular formula is C22H25N5O2S. The van der Waals surface area contributed by atoms with Crippen molar-refractivity contribution in [2.75, 3.05) is 12.4 Å². The molecule has 4 rings (SSSR count). The lowest BCUT2D eigenvalue weighted by molar-refractivity contribution is -0.142. The second kappa shape index (κ2) is 7.68. The summed E-state index contributed by atoms with van der Waals surface area (Å²) < 4.78 is 1.99. The number of anilines is 1. The van der Waals surface area contributed by atoms with Gasteiger partial charge in [-0.2, -0.15) is 0 Å². The number of carbonyl (C=O) groups is 1. The van der Waals surface area contributed by atoms with Crippen LogP contribution < -0.4 is 5.32 Å². The number of benzene rings is 1. The molecule has 8 heteroatoms. The SMILES string of the molecule is CCC(C(=O)O)C1N=C(c2cccc(NC)c2)c2c(sc(C)c2C)-n2c(C)nnc21. The Morgan fingerprint density at radius 2 is 2.07 bits per heavy atom. The number of rotatable bonds is 5. The zero-order valence-corrected chi connectivity index (χ0v) is 18.5. The summed E-state index contributed by atoms with van der Waals surface area (Å²) in [5.41, 5.74) is 4.90. The Morgan fingerprint density at radius 3 is 2.73 bits per heavy atom. The number of fused-ring (bicyclic) bond motifs is 3. The van der Waals surface area contributed by atoms with Crippen LogP contribution in [0, 0.1) is 26.7 Å². The van der Waals surface area contributed by atoms with Gasteiger partial charge in [-0.05, 0) is 44.9 Å². The fourth-order valence-electron chi connectivity index (χ4n) is 3.97. The number of aliphatic carboxylic acids is 1. The minimum absolute atomic E-state index is 0.449. The zero-order chi connectivity index (χ0) is 21.6. The molecule has 1 aliphatic heterocycles. The van der Waals surface area contributed by atoms with Crippen LogP contribution in [0.15, 0.2) is 29.3 Å². The lowest BCUT2D eigenvalue weighted by Crippen LogP contribution is -2.23. The molecule has 1 aromatic carbocycles. The molecule has 1 aliphatic rings. The molecule has 2 atom stereocenters. The lowest BCUT2D eigenvalue weighted by Gasteiger charge is -2.19. The number of thiophene rings is 1. The maximum absolute atomic E-state index is 12.1. The molecule has 3 heterocycles. The Balaban J connectivity index is 2.07. The van der Waals surface area contributed by atoms with E-state index in [1.54, 1.807) is 11.3 Å². The highest BCUT2D eigenvalue weighted by Gasteiger charge is 2.37. The first-order valence-electron chi connectivity index (χ1n) is 9.98. The lowest BCUT2D eigenvalue weighted by atomic mass is 9.95. The number of aryl methyl sites for hydroxylation is 2. The van der Waals surface area contributed by atoms with Crippen LogP contribution in [-0.2, 0) is 4.79 Å². The van der Waals surface area contributed by atoms with Crippen LogP contribution in [0.25, 0.3) is 5.00 Å². The van der Waals surface area contributed by atoms with Gasteiger partial charge in [0.1, 0.15) is 16.9 Å². The summed E-state index contributed by atoms with van der Waals surface area (Å²) in [5.74, 6) is -0.243. The van der Waals surface area contributed by atoms with Gasteiger partial charge < -0.3 is 10.4 Å². The van der Waals surface area contributed by atoms with Gasteiger partial charge in [0.2, 0.25) is 0 Å². The molecule has 2 aromatic heterocycles. The average molecular weight is 424 g/mol. The fourth-order valence-corrected chi connectivity index (χ4v) is 5.19. The van der Waals surface area contributed by atoms with Crippen molar-refractivity contribution < 1.29 is 9.90 Å². The van der Waals surface area contributed by atoms with E-state index in [0.29, 0.717) is 12.2 Å². The van der Waals surface area contributed by atoms with E-state index >= 15 is 0 Å². The van der Waals surface area contributed by atoms with Gasteiger partial charge in [-0.1, -0.05) is 19.1 Å². The van der Waals surface area contributed by atoms with Crippen LogP contribution >= 0.6 is 11.3 Å². The maximum Gasteiger partial charge on any atom is 0.309 e. The first-order chi connectivity index (χ1) is 14.4. The summed E-state index contributed by atoms with van der Waals surface area (Å²) >= 11 is 1.67. The molecule has 0 radical (unpaired) electrons. The topological polar surface area (TPSA) is 92.4 Å². The molecule has 156 valence electrons.